The Morgan fingerprint density at radius 1 is 1.10 bits per heavy atom. The Hall–Kier alpha value is -3.52. The van der Waals surface area contributed by atoms with E-state index in [1.54, 1.807) is 0 Å². The van der Waals surface area contributed by atoms with Crippen molar-refractivity contribution in [3.8, 4) is 17.2 Å². The maximum atomic E-state index is 11.6. The molecule has 2 heterocycles. The minimum atomic E-state index is -0.478. The average Bonchev–Trinajstić information content (AvgIpc) is 3.17. The molecule has 8 heteroatoms. The molecule has 0 fully saturated rings. The largest absolute Gasteiger partial charge is 0.502 e. The zero-order valence-electron chi connectivity index (χ0n) is 16.2. The fourth-order valence-corrected chi connectivity index (χ4v) is 3.70. The molecule has 0 amide bonds. The van der Waals surface area contributed by atoms with Gasteiger partial charge in [-0.05, 0) is 30.7 Å². The van der Waals surface area contributed by atoms with Crippen molar-refractivity contribution >= 4 is 11.8 Å². The van der Waals surface area contributed by atoms with E-state index >= 15 is 0 Å². The fourth-order valence-electron chi connectivity index (χ4n) is 2.84. The smallest absolute Gasteiger partial charge is 0.226 e. The van der Waals surface area contributed by atoms with Crippen molar-refractivity contribution in [1.82, 2.24) is 14.8 Å². The number of hydrogen-bond donors (Lipinski definition) is 1. The third kappa shape index (κ3) is 4.38. The highest BCUT2D eigenvalue weighted by Gasteiger charge is 2.16. The van der Waals surface area contributed by atoms with E-state index in [1.165, 1.54) is 17.8 Å². The third-order valence-corrected chi connectivity index (χ3v) is 5.33. The van der Waals surface area contributed by atoms with Gasteiger partial charge >= 0.3 is 0 Å². The molecule has 0 aliphatic heterocycles. The minimum absolute atomic E-state index is 0.252. The number of nitrogens with zero attached hydrogens (tertiary/aromatic N) is 3. The lowest BCUT2D eigenvalue weighted by Crippen LogP contribution is -2.07. The number of para-hydroxylation sites is 2. The number of benzene rings is 2. The topological polar surface area (TPSA) is 90.4 Å². The van der Waals surface area contributed by atoms with E-state index in [0.717, 1.165) is 23.3 Å². The standard InChI is InChI=1S/C22H19N3O4S/c1-15-7-5-6-10-20(15)29-13-21-23-24-22(25(21)16-8-3-2-4-9-16)30-14-17-11-18(26)19(27)12-28-17/h2-12,27H,13-14H2,1H3. The van der Waals surface area contributed by atoms with Gasteiger partial charge in [-0.2, -0.15) is 0 Å². The summed E-state index contributed by atoms with van der Waals surface area (Å²) in [7, 11) is 0. The van der Waals surface area contributed by atoms with E-state index in [4.69, 9.17) is 9.15 Å². The van der Waals surface area contributed by atoms with Gasteiger partial charge in [-0.15, -0.1) is 10.2 Å². The molecule has 4 aromatic rings. The summed E-state index contributed by atoms with van der Waals surface area (Å²) in [4.78, 5) is 11.6. The molecule has 0 spiro atoms. The lowest BCUT2D eigenvalue weighted by molar-refractivity contribution is 0.291. The predicted molar refractivity (Wildman–Crippen MR) is 113 cm³/mol. The Balaban J connectivity index is 1.59. The van der Waals surface area contributed by atoms with Crippen LogP contribution in [0.2, 0.25) is 0 Å². The highest BCUT2D eigenvalue weighted by Crippen LogP contribution is 2.26. The van der Waals surface area contributed by atoms with Gasteiger partial charge in [0, 0.05) is 11.8 Å². The monoisotopic (exact) mass is 421 g/mol. The average molecular weight is 421 g/mol. The number of hydrogen-bond acceptors (Lipinski definition) is 7. The van der Waals surface area contributed by atoms with Crippen LogP contribution in [-0.4, -0.2) is 19.9 Å². The molecular weight excluding hydrogens is 402 g/mol. The molecule has 0 saturated heterocycles. The van der Waals surface area contributed by atoms with Gasteiger partial charge in [-0.1, -0.05) is 48.2 Å². The van der Waals surface area contributed by atoms with Crippen LogP contribution >= 0.6 is 11.8 Å². The SMILES string of the molecule is Cc1ccccc1OCc1nnc(SCc2cc(=O)c(O)co2)n1-c1ccccc1. The van der Waals surface area contributed by atoms with E-state index in [0.29, 0.717) is 22.5 Å². The molecule has 0 atom stereocenters. The maximum Gasteiger partial charge on any atom is 0.226 e. The van der Waals surface area contributed by atoms with Crippen LogP contribution < -0.4 is 10.2 Å². The number of aryl methyl sites for hydroxylation is 1. The summed E-state index contributed by atoms with van der Waals surface area (Å²) in [5.74, 6) is 1.83. The first-order valence-corrected chi connectivity index (χ1v) is 10.2. The molecule has 0 aliphatic rings. The molecule has 0 unspecified atom stereocenters. The first-order valence-electron chi connectivity index (χ1n) is 9.23. The Labute approximate surface area is 177 Å². The zero-order chi connectivity index (χ0) is 20.9. The van der Waals surface area contributed by atoms with Crippen LogP contribution in [0.15, 0.2) is 81.3 Å². The second-order valence-corrected chi connectivity index (χ2v) is 7.45. The summed E-state index contributed by atoms with van der Waals surface area (Å²) >= 11 is 1.37. The van der Waals surface area contributed by atoms with E-state index in [-0.39, 0.29) is 6.61 Å². The quantitative estimate of drug-likeness (QED) is 0.449. The number of aromatic nitrogens is 3. The highest BCUT2D eigenvalue weighted by molar-refractivity contribution is 7.98. The van der Waals surface area contributed by atoms with Crippen molar-refractivity contribution in [1.29, 1.82) is 0 Å². The van der Waals surface area contributed by atoms with Crippen LogP contribution in [0.3, 0.4) is 0 Å². The first-order chi connectivity index (χ1) is 14.6. The van der Waals surface area contributed by atoms with Crippen molar-refractivity contribution < 1.29 is 14.3 Å². The third-order valence-electron chi connectivity index (χ3n) is 4.38. The molecule has 2 aromatic carbocycles. The van der Waals surface area contributed by atoms with E-state index in [1.807, 2.05) is 66.1 Å². The molecular formula is C22H19N3O4S. The molecule has 0 saturated carbocycles. The minimum Gasteiger partial charge on any atom is -0.502 e. The van der Waals surface area contributed by atoms with Gasteiger partial charge in [0.25, 0.3) is 0 Å². The van der Waals surface area contributed by atoms with Crippen molar-refractivity contribution in [3.05, 3.63) is 94.3 Å². The Bertz CT molecular complexity index is 1200. The van der Waals surface area contributed by atoms with Crippen LogP contribution in [-0.2, 0) is 12.4 Å². The molecule has 0 aliphatic carbocycles. The summed E-state index contributed by atoms with van der Waals surface area (Å²) in [5.41, 5.74) is 1.47. The van der Waals surface area contributed by atoms with E-state index < -0.39 is 11.2 Å². The van der Waals surface area contributed by atoms with Crippen molar-refractivity contribution in [3.63, 3.8) is 0 Å². The van der Waals surface area contributed by atoms with Gasteiger partial charge < -0.3 is 14.3 Å². The Kier molecular flexibility index (Phi) is 5.85. The summed E-state index contributed by atoms with van der Waals surface area (Å²) in [6.07, 6.45) is 1.04. The fraction of sp³-hybridized carbons (Fsp3) is 0.136. The van der Waals surface area contributed by atoms with Crippen LogP contribution in [0.1, 0.15) is 17.1 Å². The molecule has 1 N–H and O–H groups in total. The van der Waals surface area contributed by atoms with Gasteiger partial charge in [0.2, 0.25) is 5.43 Å². The van der Waals surface area contributed by atoms with E-state index in [9.17, 15) is 9.90 Å². The lowest BCUT2D eigenvalue weighted by Gasteiger charge is -2.12. The number of rotatable bonds is 7. The number of aromatic hydroxyl groups is 1. The van der Waals surface area contributed by atoms with Crippen LogP contribution in [0, 0.1) is 6.92 Å². The Morgan fingerprint density at radius 2 is 1.87 bits per heavy atom. The summed E-state index contributed by atoms with van der Waals surface area (Å²) in [6.45, 7) is 2.24. The highest BCUT2D eigenvalue weighted by atomic mass is 32.2. The van der Waals surface area contributed by atoms with E-state index in [2.05, 4.69) is 10.2 Å². The molecule has 7 nitrogen and oxygen atoms in total. The summed E-state index contributed by atoms with van der Waals surface area (Å²) in [5, 5.41) is 18.6. The number of ether oxygens (including phenoxy) is 1. The zero-order valence-corrected chi connectivity index (χ0v) is 17.0. The van der Waals surface area contributed by atoms with Gasteiger partial charge in [0.05, 0.1) is 5.75 Å². The lowest BCUT2D eigenvalue weighted by atomic mass is 10.2. The van der Waals surface area contributed by atoms with Crippen LogP contribution in [0.4, 0.5) is 0 Å². The number of thioether (sulfide) groups is 1. The van der Waals surface area contributed by atoms with Crippen molar-refractivity contribution in [2.45, 2.75) is 24.4 Å². The first kappa shape index (κ1) is 19.8. The second kappa shape index (κ2) is 8.87. The van der Waals surface area contributed by atoms with Crippen molar-refractivity contribution in [2.75, 3.05) is 0 Å². The molecule has 4 rings (SSSR count). The van der Waals surface area contributed by atoms with Gasteiger partial charge in [-0.25, -0.2) is 0 Å². The van der Waals surface area contributed by atoms with Gasteiger partial charge in [0.15, 0.2) is 16.7 Å². The predicted octanol–water partition coefficient (Wildman–Crippen LogP) is 4.11. The normalized spacial score (nSPS) is 10.8. The van der Waals surface area contributed by atoms with Gasteiger partial charge in [0.1, 0.15) is 24.4 Å². The summed E-state index contributed by atoms with van der Waals surface area (Å²) < 4.78 is 13.2. The second-order valence-electron chi connectivity index (χ2n) is 6.51. The Morgan fingerprint density at radius 3 is 2.63 bits per heavy atom. The molecule has 0 radical (unpaired) electrons. The van der Waals surface area contributed by atoms with Crippen LogP contribution in [0.25, 0.3) is 5.69 Å². The van der Waals surface area contributed by atoms with Crippen molar-refractivity contribution in [2.24, 2.45) is 0 Å². The molecule has 0 bridgehead atoms. The molecule has 30 heavy (non-hydrogen) atoms. The van der Waals surface area contributed by atoms with Crippen LogP contribution in [0.5, 0.6) is 11.5 Å². The summed E-state index contributed by atoms with van der Waals surface area (Å²) in [6, 6.07) is 18.8. The van der Waals surface area contributed by atoms with Gasteiger partial charge in [-0.3, -0.25) is 9.36 Å². The molecule has 152 valence electrons. The maximum absolute atomic E-state index is 11.6. The molecule has 2 aromatic heterocycles.